The Balaban J connectivity index is 2.10. The van der Waals surface area contributed by atoms with Gasteiger partial charge in [0.15, 0.2) is 9.84 Å². The number of sulfone groups is 1. The van der Waals surface area contributed by atoms with Crippen molar-refractivity contribution in [3.8, 4) is 5.75 Å². The quantitative estimate of drug-likeness (QED) is 0.902. The first-order chi connectivity index (χ1) is 9.35. The van der Waals surface area contributed by atoms with E-state index in [1.807, 2.05) is 13.8 Å². The van der Waals surface area contributed by atoms with Crippen molar-refractivity contribution in [1.29, 1.82) is 0 Å². The van der Waals surface area contributed by atoms with Crippen molar-refractivity contribution in [2.75, 3.05) is 11.5 Å². The van der Waals surface area contributed by atoms with Gasteiger partial charge in [0.2, 0.25) is 0 Å². The van der Waals surface area contributed by atoms with Crippen LogP contribution < -0.4 is 10.1 Å². The van der Waals surface area contributed by atoms with Crippen LogP contribution in [0.5, 0.6) is 5.75 Å². The van der Waals surface area contributed by atoms with Crippen molar-refractivity contribution in [2.24, 2.45) is 0 Å². The van der Waals surface area contributed by atoms with Gasteiger partial charge < -0.3 is 10.1 Å². The van der Waals surface area contributed by atoms with Crippen LogP contribution in [0.3, 0.4) is 0 Å². The Hall–Kier alpha value is -1.14. The Morgan fingerprint density at radius 1 is 1.45 bits per heavy atom. The zero-order valence-corrected chi connectivity index (χ0v) is 12.5. The first-order valence-corrected chi connectivity index (χ1v) is 8.57. The number of benzene rings is 1. The summed E-state index contributed by atoms with van der Waals surface area (Å²) in [6.07, 6.45) is 0.166. The molecule has 1 fully saturated rings. The smallest absolute Gasteiger partial charge is 0.154 e. The van der Waals surface area contributed by atoms with Crippen molar-refractivity contribution in [3.05, 3.63) is 29.6 Å². The lowest BCUT2D eigenvalue weighted by molar-refractivity contribution is 0.225. The van der Waals surface area contributed by atoms with E-state index in [9.17, 15) is 12.8 Å². The molecule has 0 spiro atoms. The Bertz CT molecular complexity index is 572. The van der Waals surface area contributed by atoms with E-state index in [-0.39, 0.29) is 29.5 Å². The molecule has 6 heteroatoms. The fraction of sp³-hybridized carbons (Fsp3) is 0.571. The summed E-state index contributed by atoms with van der Waals surface area (Å²) in [6.45, 7) is 4.50. The average Bonchev–Trinajstić information content (AvgIpc) is 2.69. The molecule has 1 atom stereocenters. The number of hydrogen-bond donors (Lipinski definition) is 1. The Labute approximate surface area is 119 Å². The van der Waals surface area contributed by atoms with E-state index in [0.717, 1.165) is 0 Å². The van der Waals surface area contributed by atoms with E-state index in [0.29, 0.717) is 24.3 Å². The van der Waals surface area contributed by atoms with Gasteiger partial charge in [-0.2, -0.15) is 0 Å². The van der Waals surface area contributed by atoms with Crippen LogP contribution >= 0.6 is 0 Å². The topological polar surface area (TPSA) is 55.4 Å². The first-order valence-electron chi connectivity index (χ1n) is 6.74. The van der Waals surface area contributed by atoms with Crippen molar-refractivity contribution in [2.45, 2.75) is 39.0 Å². The molecule has 1 aliphatic heterocycles. The highest BCUT2D eigenvalue weighted by molar-refractivity contribution is 7.91. The van der Waals surface area contributed by atoms with E-state index in [4.69, 9.17) is 4.74 Å². The molecule has 20 heavy (non-hydrogen) atoms. The molecule has 1 aliphatic rings. The van der Waals surface area contributed by atoms with Gasteiger partial charge in [-0.3, -0.25) is 0 Å². The van der Waals surface area contributed by atoms with Gasteiger partial charge >= 0.3 is 0 Å². The third kappa shape index (κ3) is 4.18. The summed E-state index contributed by atoms with van der Waals surface area (Å²) in [4.78, 5) is 0. The SMILES string of the molecule is CC(C)NCc1cc(F)ccc1OC1CCS(=O)(=O)C1. The minimum atomic E-state index is -2.98. The molecule has 1 unspecified atom stereocenters. The van der Waals surface area contributed by atoms with Crippen molar-refractivity contribution >= 4 is 9.84 Å². The lowest BCUT2D eigenvalue weighted by Crippen LogP contribution is -2.23. The normalized spacial score (nSPS) is 21.3. The van der Waals surface area contributed by atoms with Gasteiger partial charge in [0, 0.05) is 18.2 Å². The number of halogens is 1. The molecular weight excluding hydrogens is 281 g/mol. The minimum Gasteiger partial charge on any atom is -0.489 e. The van der Waals surface area contributed by atoms with Gasteiger partial charge in [0.05, 0.1) is 11.5 Å². The summed E-state index contributed by atoms with van der Waals surface area (Å²) in [5.74, 6) is 0.443. The highest BCUT2D eigenvalue weighted by atomic mass is 32.2. The van der Waals surface area contributed by atoms with E-state index >= 15 is 0 Å². The monoisotopic (exact) mass is 301 g/mol. The van der Waals surface area contributed by atoms with Gasteiger partial charge in [-0.25, -0.2) is 12.8 Å². The molecule has 1 N–H and O–H groups in total. The molecule has 0 amide bonds. The second-order valence-corrected chi connectivity index (χ2v) is 7.66. The number of nitrogens with one attached hydrogen (secondary N) is 1. The van der Waals surface area contributed by atoms with Crippen LogP contribution in [0.15, 0.2) is 18.2 Å². The van der Waals surface area contributed by atoms with Gasteiger partial charge in [-0.15, -0.1) is 0 Å². The summed E-state index contributed by atoms with van der Waals surface area (Å²) in [6, 6.07) is 4.60. The maximum atomic E-state index is 13.3. The van der Waals surface area contributed by atoms with Crippen LogP contribution in [0.25, 0.3) is 0 Å². The van der Waals surface area contributed by atoms with Crippen LogP contribution in [-0.4, -0.2) is 32.1 Å². The molecule has 1 heterocycles. The fourth-order valence-electron chi connectivity index (χ4n) is 2.15. The van der Waals surface area contributed by atoms with Gasteiger partial charge in [0.25, 0.3) is 0 Å². The van der Waals surface area contributed by atoms with Crippen LogP contribution in [0.1, 0.15) is 25.8 Å². The van der Waals surface area contributed by atoms with Crippen LogP contribution in [0, 0.1) is 5.82 Å². The maximum Gasteiger partial charge on any atom is 0.154 e. The largest absolute Gasteiger partial charge is 0.489 e. The molecule has 112 valence electrons. The summed E-state index contributed by atoms with van der Waals surface area (Å²) >= 11 is 0. The highest BCUT2D eigenvalue weighted by Gasteiger charge is 2.29. The fourth-order valence-corrected chi connectivity index (χ4v) is 3.74. The van der Waals surface area contributed by atoms with Crippen LogP contribution in [-0.2, 0) is 16.4 Å². The highest BCUT2D eigenvalue weighted by Crippen LogP contribution is 2.24. The molecule has 1 aromatic carbocycles. The summed E-state index contributed by atoms with van der Waals surface area (Å²) in [7, 11) is -2.98. The second kappa shape index (κ2) is 6.10. The lowest BCUT2D eigenvalue weighted by atomic mass is 10.1. The first kappa shape index (κ1) is 15.3. The zero-order chi connectivity index (χ0) is 14.8. The van der Waals surface area contributed by atoms with Gasteiger partial charge in [-0.05, 0) is 24.6 Å². The predicted molar refractivity (Wildman–Crippen MR) is 76.1 cm³/mol. The molecule has 0 bridgehead atoms. The summed E-state index contributed by atoms with van der Waals surface area (Å²) in [5.41, 5.74) is 0.711. The predicted octanol–water partition coefficient (Wildman–Crippen LogP) is 1.89. The molecule has 4 nitrogen and oxygen atoms in total. The van der Waals surface area contributed by atoms with Crippen molar-refractivity contribution in [1.82, 2.24) is 5.32 Å². The molecule has 2 rings (SSSR count). The van der Waals surface area contributed by atoms with E-state index < -0.39 is 9.84 Å². The molecule has 1 saturated heterocycles. The van der Waals surface area contributed by atoms with Gasteiger partial charge in [-0.1, -0.05) is 13.8 Å². The van der Waals surface area contributed by atoms with E-state index in [1.54, 1.807) is 6.07 Å². The van der Waals surface area contributed by atoms with E-state index in [2.05, 4.69) is 5.32 Å². The number of hydrogen-bond acceptors (Lipinski definition) is 4. The standard InChI is InChI=1S/C14H20FNO3S/c1-10(2)16-8-11-7-12(15)3-4-14(11)19-13-5-6-20(17,18)9-13/h3-4,7,10,13,16H,5-6,8-9H2,1-2H3. The second-order valence-electron chi connectivity index (χ2n) is 5.43. The molecule has 0 aliphatic carbocycles. The minimum absolute atomic E-state index is 0.0431. The third-order valence-corrected chi connectivity index (χ3v) is 4.94. The maximum absolute atomic E-state index is 13.3. The van der Waals surface area contributed by atoms with Crippen LogP contribution in [0.2, 0.25) is 0 Å². The molecular formula is C14H20FNO3S. The zero-order valence-electron chi connectivity index (χ0n) is 11.7. The Morgan fingerprint density at radius 3 is 2.80 bits per heavy atom. The third-order valence-electron chi connectivity index (χ3n) is 3.21. The average molecular weight is 301 g/mol. The lowest BCUT2D eigenvalue weighted by Gasteiger charge is -2.17. The molecule has 1 aromatic rings. The number of rotatable bonds is 5. The Morgan fingerprint density at radius 2 is 2.20 bits per heavy atom. The van der Waals surface area contributed by atoms with Gasteiger partial charge in [0.1, 0.15) is 17.7 Å². The van der Waals surface area contributed by atoms with Crippen LogP contribution in [0.4, 0.5) is 4.39 Å². The molecule has 0 aromatic heterocycles. The summed E-state index contributed by atoms with van der Waals surface area (Å²) < 4.78 is 41.9. The summed E-state index contributed by atoms with van der Waals surface area (Å²) in [5, 5.41) is 3.21. The number of ether oxygens (including phenoxy) is 1. The van der Waals surface area contributed by atoms with Crippen molar-refractivity contribution < 1.29 is 17.5 Å². The Kier molecular flexibility index (Phi) is 4.65. The molecule has 0 saturated carbocycles. The van der Waals surface area contributed by atoms with Crippen molar-refractivity contribution in [3.63, 3.8) is 0 Å². The van der Waals surface area contributed by atoms with E-state index in [1.165, 1.54) is 12.1 Å². The molecule has 0 radical (unpaired) electrons.